The van der Waals surface area contributed by atoms with Crippen molar-refractivity contribution in [1.29, 1.82) is 0 Å². The SMILES string of the molecule is O=C(CN1C(=O)c2cc(Cl)c(Cl)cc2C1=O)NCCc1csc2ccccc12. The monoisotopic (exact) mass is 432 g/mol. The van der Waals surface area contributed by atoms with Crippen LogP contribution in [0.1, 0.15) is 26.3 Å². The van der Waals surface area contributed by atoms with Gasteiger partial charge in [0.15, 0.2) is 0 Å². The van der Waals surface area contributed by atoms with Crippen molar-refractivity contribution in [3.8, 4) is 0 Å². The summed E-state index contributed by atoms with van der Waals surface area (Å²) in [5.41, 5.74) is 1.49. The van der Waals surface area contributed by atoms with Gasteiger partial charge in [0.2, 0.25) is 5.91 Å². The maximum Gasteiger partial charge on any atom is 0.262 e. The average Bonchev–Trinajstić information content (AvgIpc) is 3.18. The summed E-state index contributed by atoms with van der Waals surface area (Å²) in [6.07, 6.45) is 0.670. The molecule has 4 rings (SSSR count). The molecule has 1 aliphatic rings. The Bertz CT molecular complexity index is 1080. The van der Waals surface area contributed by atoms with Crippen molar-refractivity contribution in [2.45, 2.75) is 6.42 Å². The second-order valence-electron chi connectivity index (χ2n) is 6.37. The van der Waals surface area contributed by atoms with Crippen LogP contribution in [0.4, 0.5) is 0 Å². The molecule has 1 aliphatic heterocycles. The number of hydrogen-bond acceptors (Lipinski definition) is 4. The Morgan fingerprint density at radius 3 is 2.36 bits per heavy atom. The lowest BCUT2D eigenvalue weighted by atomic mass is 10.1. The van der Waals surface area contributed by atoms with Gasteiger partial charge in [0, 0.05) is 11.2 Å². The van der Waals surface area contributed by atoms with Gasteiger partial charge in [0.1, 0.15) is 6.54 Å². The van der Waals surface area contributed by atoms with Gasteiger partial charge in [-0.2, -0.15) is 0 Å². The van der Waals surface area contributed by atoms with Crippen molar-refractivity contribution in [3.05, 3.63) is 68.5 Å². The highest BCUT2D eigenvalue weighted by atomic mass is 35.5. The summed E-state index contributed by atoms with van der Waals surface area (Å²) < 4.78 is 1.20. The zero-order valence-corrected chi connectivity index (χ0v) is 16.8. The molecule has 0 saturated carbocycles. The van der Waals surface area contributed by atoms with Crippen LogP contribution in [0.2, 0.25) is 10.0 Å². The molecule has 0 radical (unpaired) electrons. The minimum atomic E-state index is -0.544. The smallest absolute Gasteiger partial charge is 0.262 e. The third-order valence-corrected chi connectivity index (χ3v) is 6.33. The second kappa shape index (κ2) is 7.54. The minimum Gasteiger partial charge on any atom is -0.354 e. The molecular formula is C20H14Cl2N2O3S. The van der Waals surface area contributed by atoms with Gasteiger partial charge < -0.3 is 5.32 Å². The van der Waals surface area contributed by atoms with Gasteiger partial charge in [-0.25, -0.2) is 0 Å². The number of imide groups is 1. The average molecular weight is 433 g/mol. The highest BCUT2D eigenvalue weighted by molar-refractivity contribution is 7.17. The number of nitrogens with one attached hydrogen (secondary N) is 1. The van der Waals surface area contributed by atoms with E-state index in [9.17, 15) is 14.4 Å². The van der Waals surface area contributed by atoms with E-state index in [1.54, 1.807) is 11.3 Å². The van der Waals surface area contributed by atoms with Gasteiger partial charge in [-0.15, -0.1) is 11.3 Å². The van der Waals surface area contributed by atoms with E-state index < -0.39 is 17.7 Å². The van der Waals surface area contributed by atoms with Crippen LogP contribution in [0.3, 0.4) is 0 Å². The van der Waals surface area contributed by atoms with Crippen LogP contribution in [0.15, 0.2) is 41.8 Å². The van der Waals surface area contributed by atoms with Crippen molar-refractivity contribution in [1.82, 2.24) is 10.2 Å². The molecule has 142 valence electrons. The molecule has 0 bridgehead atoms. The lowest BCUT2D eigenvalue weighted by molar-refractivity contribution is -0.121. The number of thiophene rings is 1. The van der Waals surface area contributed by atoms with Crippen molar-refractivity contribution in [3.63, 3.8) is 0 Å². The molecule has 1 aromatic heterocycles. The number of amides is 3. The molecular weight excluding hydrogens is 419 g/mol. The lowest BCUT2D eigenvalue weighted by Crippen LogP contribution is -2.40. The fraction of sp³-hybridized carbons (Fsp3) is 0.150. The van der Waals surface area contributed by atoms with Gasteiger partial charge in [0.25, 0.3) is 11.8 Å². The molecule has 2 heterocycles. The summed E-state index contributed by atoms with van der Waals surface area (Å²) in [6.45, 7) is 0.0757. The van der Waals surface area contributed by atoms with E-state index in [4.69, 9.17) is 23.2 Å². The molecule has 3 aromatic rings. The number of carbonyl (C=O) groups is 3. The molecule has 0 fully saturated rings. The van der Waals surface area contributed by atoms with Crippen LogP contribution in [0.25, 0.3) is 10.1 Å². The predicted molar refractivity (Wildman–Crippen MR) is 110 cm³/mol. The van der Waals surface area contributed by atoms with Crippen LogP contribution in [-0.4, -0.2) is 35.7 Å². The molecule has 0 spiro atoms. The third kappa shape index (κ3) is 3.39. The van der Waals surface area contributed by atoms with E-state index in [2.05, 4.69) is 22.8 Å². The van der Waals surface area contributed by atoms with Crippen LogP contribution >= 0.6 is 34.5 Å². The maximum absolute atomic E-state index is 12.4. The molecule has 0 aliphatic carbocycles. The number of nitrogens with zero attached hydrogens (tertiary/aromatic N) is 1. The third-order valence-electron chi connectivity index (χ3n) is 4.59. The molecule has 0 atom stereocenters. The zero-order valence-electron chi connectivity index (χ0n) is 14.5. The normalized spacial score (nSPS) is 13.3. The van der Waals surface area contributed by atoms with Crippen LogP contribution in [0, 0.1) is 0 Å². The van der Waals surface area contributed by atoms with Crippen LogP contribution in [0.5, 0.6) is 0 Å². The van der Waals surface area contributed by atoms with Gasteiger partial charge in [-0.3, -0.25) is 19.3 Å². The molecule has 1 N–H and O–H groups in total. The maximum atomic E-state index is 12.4. The molecule has 0 saturated heterocycles. The van der Waals surface area contributed by atoms with E-state index in [1.165, 1.54) is 22.2 Å². The number of halogens is 2. The molecule has 28 heavy (non-hydrogen) atoms. The lowest BCUT2D eigenvalue weighted by Gasteiger charge is -2.13. The van der Waals surface area contributed by atoms with Crippen molar-refractivity contribution in [2.75, 3.05) is 13.1 Å². The molecule has 3 amide bonds. The zero-order chi connectivity index (χ0) is 19.8. The summed E-state index contributed by atoms with van der Waals surface area (Å²) in [5, 5.41) is 6.41. The first-order valence-corrected chi connectivity index (χ1v) is 10.2. The number of fused-ring (bicyclic) bond motifs is 2. The van der Waals surface area contributed by atoms with E-state index in [0.717, 1.165) is 10.5 Å². The molecule has 0 unspecified atom stereocenters. The largest absolute Gasteiger partial charge is 0.354 e. The van der Waals surface area contributed by atoms with Crippen LogP contribution in [-0.2, 0) is 11.2 Å². The minimum absolute atomic E-state index is 0.164. The first-order valence-electron chi connectivity index (χ1n) is 8.52. The second-order valence-corrected chi connectivity index (χ2v) is 8.09. The van der Waals surface area contributed by atoms with Crippen LogP contribution < -0.4 is 5.32 Å². The van der Waals surface area contributed by atoms with Gasteiger partial charge in [-0.05, 0) is 40.9 Å². The Morgan fingerprint density at radius 1 is 1.04 bits per heavy atom. The fourth-order valence-corrected chi connectivity index (χ4v) is 4.51. The van der Waals surface area contributed by atoms with E-state index in [0.29, 0.717) is 13.0 Å². The highest BCUT2D eigenvalue weighted by Gasteiger charge is 2.37. The van der Waals surface area contributed by atoms with E-state index in [1.807, 2.05) is 12.1 Å². The van der Waals surface area contributed by atoms with Gasteiger partial charge in [0.05, 0.1) is 21.2 Å². The first kappa shape index (κ1) is 18.9. The van der Waals surface area contributed by atoms with Gasteiger partial charge in [-0.1, -0.05) is 41.4 Å². The Kier molecular flexibility index (Phi) is 5.10. The fourth-order valence-electron chi connectivity index (χ4n) is 3.19. The number of hydrogen-bond donors (Lipinski definition) is 1. The summed E-state index contributed by atoms with van der Waals surface area (Å²) in [7, 11) is 0. The number of carbonyl (C=O) groups excluding carboxylic acids is 3. The Labute approximate surface area is 174 Å². The standard InChI is InChI=1S/C20H14Cl2N2O3S/c21-15-7-13-14(8-16(15)22)20(27)24(19(13)26)9-18(25)23-6-5-11-10-28-17-4-2-1-3-12(11)17/h1-4,7-8,10H,5-6,9H2,(H,23,25). The van der Waals surface area contributed by atoms with Crippen molar-refractivity contribution in [2.24, 2.45) is 0 Å². The number of rotatable bonds is 5. The quantitative estimate of drug-likeness (QED) is 0.615. The van der Waals surface area contributed by atoms with Crippen molar-refractivity contribution >= 4 is 62.3 Å². The number of benzene rings is 2. The summed E-state index contributed by atoms with van der Waals surface area (Å²) in [5.74, 6) is -1.48. The molecule has 8 heteroatoms. The Hall–Kier alpha value is -2.41. The van der Waals surface area contributed by atoms with E-state index >= 15 is 0 Å². The summed E-state index contributed by atoms with van der Waals surface area (Å²) in [4.78, 5) is 38.0. The first-order chi connectivity index (χ1) is 13.5. The van der Waals surface area contributed by atoms with Crippen molar-refractivity contribution < 1.29 is 14.4 Å². The summed E-state index contributed by atoms with van der Waals surface area (Å²) in [6, 6.07) is 10.8. The predicted octanol–water partition coefficient (Wildman–Crippen LogP) is 4.16. The Balaban J connectivity index is 1.38. The molecule has 2 aromatic carbocycles. The topological polar surface area (TPSA) is 66.5 Å². The van der Waals surface area contributed by atoms with E-state index in [-0.39, 0.29) is 27.7 Å². The Morgan fingerprint density at radius 2 is 1.68 bits per heavy atom. The van der Waals surface area contributed by atoms with Gasteiger partial charge >= 0.3 is 0 Å². The molecule has 5 nitrogen and oxygen atoms in total. The summed E-state index contributed by atoms with van der Waals surface area (Å²) >= 11 is 13.5. The highest BCUT2D eigenvalue weighted by Crippen LogP contribution is 2.31.